The van der Waals surface area contributed by atoms with E-state index < -0.39 is 0 Å². The van der Waals surface area contributed by atoms with Gasteiger partial charge in [0.05, 0.1) is 22.9 Å². The summed E-state index contributed by atoms with van der Waals surface area (Å²) in [5, 5.41) is 3.01. The Morgan fingerprint density at radius 1 is 1.64 bits per heavy atom. The molecule has 0 fully saturated rings. The van der Waals surface area contributed by atoms with Crippen molar-refractivity contribution in [2.75, 3.05) is 11.5 Å². The number of carbonyl (C=O) groups excluding carboxylic acids is 1. The standard InChI is InChI=1S/C10H15NOS2/c1-3-4-13-7-10(12)5-9-6-14-8(2)11-9/h6H,3-5,7H2,1-2H3. The number of aromatic nitrogens is 1. The van der Waals surface area contributed by atoms with Gasteiger partial charge in [0.1, 0.15) is 5.78 Å². The number of nitrogens with zero attached hydrogens (tertiary/aromatic N) is 1. The molecule has 1 aromatic heterocycles. The van der Waals surface area contributed by atoms with Crippen LogP contribution in [0.1, 0.15) is 24.0 Å². The first-order chi connectivity index (χ1) is 6.72. The number of rotatable bonds is 6. The minimum Gasteiger partial charge on any atom is -0.298 e. The first kappa shape index (κ1) is 11.7. The summed E-state index contributed by atoms with van der Waals surface area (Å²) in [5.74, 6) is 1.99. The van der Waals surface area contributed by atoms with E-state index in [4.69, 9.17) is 0 Å². The highest BCUT2D eigenvalue weighted by Gasteiger charge is 2.05. The van der Waals surface area contributed by atoms with E-state index in [9.17, 15) is 4.79 Å². The Kier molecular flexibility index (Phi) is 5.19. The lowest BCUT2D eigenvalue weighted by atomic mass is 10.2. The van der Waals surface area contributed by atoms with Crippen molar-refractivity contribution in [2.45, 2.75) is 26.7 Å². The van der Waals surface area contributed by atoms with Gasteiger partial charge in [0.2, 0.25) is 0 Å². The minimum atomic E-state index is 0.286. The quantitative estimate of drug-likeness (QED) is 0.703. The molecule has 4 heteroatoms. The Balaban J connectivity index is 2.27. The summed E-state index contributed by atoms with van der Waals surface area (Å²) in [4.78, 5) is 15.7. The molecule has 0 aliphatic heterocycles. The van der Waals surface area contributed by atoms with Gasteiger partial charge in [-0.2, -0.15) is 11.8 Å². The van der Waals surface area contributed by atoms with Gasteiger partial charge in [0.15, 0.2) is 0 Å². The summed E-state index contributed by atoms with van der Waals surface area (Å²) in [5.41, 5.74) is 0.926. The number of carbonyl (C=O) groups is 1. The SMILES string of the molecule is CCCSCC(=O)Cc1csc(C)n1. The fourth-order valence-corrected chi connectivity index (χ4v) is 2.45. The predicted molar refractivity (Wildman–Crippen MR) is 63.2 cm³/mol. The number of ketones is 1. The molecule has 1 rings (SSSR count). The summed E-state index contributed by atoms with van der Waals surface area (Å²) >= 11 is 3.32. The number of thiazole rings is 1. The molecule has 0 aliphatic carbocycles. The van der Waals surface area contributed by atoms with Crippen molar-refractivity contribution in [1.29, 1.82) is 0 Å². The van der Waals surface area contributed by atoms with E-state index in [-0.39, 0.29) is 5.78 Å². The predicted octanol–water partition coefficient (Wildman–Crippen LogP) is 2.71. The van der Waals surface area contributed by atoms with Crippen molar-refractivity contribution in [1.82, 2.24) is 4.98 Å². The van der Waals surface area contributed by atoms with Gasteiger partial charge in [-0.25, -0.2) is 4.98 Å². The van der Waals surface area contributed by atoms with E-state index in [0.717, 1.165) is 22.9 Å². The number of hydrogen-bond acceptors (Lipinski definition) is 4. The molecule has 0 amide bonds. The topological polar surface area (TPSA) is 30.0 Å². The van der Waals surface area contributed by atoms with Crippen molar-refractivity contribution in [3.63, 3.8) is 0 Å². The van der Waals surface area contributed by atoms with Crippen molar-refractivity contribution in [2.24, 2.45) is 0 Å². The van der Waals surface area contributed by atoms with Crippen LogP contribution in [0.3, 0.4) is 0 Å². The monoisotopic (exact) mass is 229 g/mol. The largest absolute Gasteiger partial charge is 0.298 e. The summed E-state index contributed by atoms with van der Waals surface area (Å²) in [7, 11) is 0. The van der Waals surface area contributed by atoms with Crippen LogP contribution in [0.15, 0.2) is 5.38 Å². The second-order valence-electron chi connectivity index (χ2n) is 3.13. The molecule has 1 heterocycles. The summed E-state index contributed by atoms with van der Waals surface area (Å²) in [6.07, 6.45) is 1.63. The van der Waals surface area contributed by atoms with Gasteiger partial charge in [-0.3, -0.25) is 4.79 Å². The zero-order valence-corrected chi connectivity index (χ0v) is 10.2. The Morgan fingerprint density at radius 3 is 3.00 bits per heavy atom. The number of thioether (sulfide) groups is 1. The second-order valence-corrected chi connectivity index (χ2v) is 5.29. The maximum absolute atomic E-state index is 11.4. The molecule has 0 saturated carbocycles. The highest BCUT2D eigenvalue weighted by molar-refractivity contribution is 7.99. The molecule has 78 valence electrons. The zero-order chi connectivity index (χ0) is 10.4. The number of Topliss-reactive ketones (excluding diaryl/α,β-unsaturated/α-hetero) is 1. The van der Waals surface area contributed by atoms with E-state index in [2.05, 4.69) is 11.9 Å². The number of hydrogen-bond donors (Lipinski definition) is 0. The zero-order valence-electron chi connectivity index (χ0n) is 8.58. The molecule has 0 unspecified atom stereocenters. The first-order valence-electron chi connectivity index (χ1n) is 4.72. The van der Waals surface area contributed by atoms with Gasteiger partial charge in [-0.15, -0.1) is 11.3 Å². The molecule has 0 saturated heterocycles. The Labute approximate surface area is 93.1 Å². The molecule has 2 nitrogen and oxygen atoms in total. The minimum absolute atomic E-state index is 0.286. The van der Waals surface area contributed by atoms with Crippen molar-refractivity contribution >= 4 is 28.9 Å². The smallest absolute Gasteiger partial charge is 0.148 e. The Hall–Kier alpha value is -0.350. The van der Waals surface area contributed by atoms with E-state index >= 15 is 0 Å². The third-order valence-electron chi connectivity index (χ3n) is 1.66. The van der Waals surface area contributed by atoms with Crippen molar-refractivity contribution in [3.8, 4) is 0 Å². The van der Waals surface area contributed by atoms with Crippen LogP contribution >= 0.6 is 23.1 Å². The van der Waals surface area contributed by atoms with Gasteiger partial charge < -0.3 is 0 Å². The Bertz CT molecular complexity index is 296. The molecular weight excluding hydrogens is 214 g/mol. The van der Waals surface area contributed by atoms with Gasteiger partial charge in [0, 0.05) is 5.38 Å². The van der Waals surface area contributed by atoms with Crippen LogP contribution in [0.25, 0.3) is 0 Å². The third kappa shape index (κ3) is 4.24. The van der Waals surface area contributed by atoms with Crippen LogP contribution in [0, 0.1) is 6.92 Å². The van der Waals surface area contributed by atoms with E-state index in [1.54, 1.807) is 23.1 Å². The highest BCUT2D eigenvalue weighted by atomic mass is 32.2. The molecule has 14 heavy (non-hydrogen) atoms. The highest BCUT2D eigenvalue weighted by Crippen LogP contribution is 2.10. The van der Waals surface area contributed by atoms with Crippen molar-refractivity contribution < 1.29 is 4.79 Å². The van der Waals surface area contributed by atoms with Gasteiger partial charge in [-0.05, 0) is 19.1 Å². The molecule has 0 bridgehead atoms. The Morgan fingerprint density at radius 2 is 2.43 bits per heavy atom. The molecule has 0 spiro atoms. The maximum Gasteiger partial charge on any atom is 0.148 e. The summed E-state index contributed by atoms with van der Waals surface area (Å²) in [6, 6.07) is 0. The van der Waals surface area contributed by atoms with Crippen LogP contribution in [-0.2, 0) is 11.2 Å². The first-order valence-corrected chi connectivity index (χ1v) is 6.76. The lowest BCUT2D eigenvalue weighted by Gasteiger charge is -1.97. The average molecular weight is 229 g/mol. The van der Waals surface area contributed by atoms with Crippen LogP contribution in [0.5, 0.6) is 0 Å². The van der Waals surface area contributed by atoms with Crippen molar-refractivity contribution in [3.05, 3.63) is 16.1 Å². The van der Waals surface area contributed by atoms with Crippen LogP contribution in [0.2, 0.25) is 0 Å². The molecule has 0 atom stereocenters. The fourth-order valence-electron chi connectivity index (χ4n) is 1.07. The molecule has 0 N–H and O–H groups in total. The van der Waals surface area contributed by atoms with Gasteiger partial charge in [0.25, 0.3) is 0 Å². The van der Waals surface area contributed by atoms with E-state index in [1.807, 2.05) is 12.3 Å². The molecule has 1 aromatic rings. The van der Waals surface area contributed by atoms with E-state index in [0.29, 0.717) is 12.2 Å². The normalized spacial score (nSPS) is 10.4. The lowest BCUT2D eigenvalue weighted by Crippen LogP contribution is -2.06. The second kappa shape index (κ2) is 6.19. The molecule has 0 radical (unpaired) electrons. The average Bonchev–Trinajstić information content (AvgIpc) is 2.52. The van der Waals surface area contributed by atoms with Crippen LogP contribution < -0.4 is 0 Å². The molecule has 0 aromatic carbocycles. The fraction of sp³-hybridized carbons (Fsp3) is 0.600. The number of aryl methyl sites for hydroxylation is 1. The van der Waals surface area contributed by atoms with E-state index in [1.165, 1.54) is 0 Å². The van der Waals surface area contributed by atoms with Gasteiger partial charge >= 0.3 is 0 Å². The third-order valence-corrected chi connectivity index (χ3v) is 3.70. The maximum atomic E-state index is 11.4. The molecule has 0 aliphatic rings. The van der Waals surface area contributed by atoms with Gasteiger partial charge in [-0.1, -0.05) is 6.92 Å². The summed E-state index contributed by atoms with van der Waals surface area (Å²) < 4.78 is 0. The van der Waals surface area contributed by atoms with Crippen LogP contribution in [-0.4, -0.2) is 22.3 Å². The lowest BCUT2D eigenvalue weighted by molar-refractivity contribution is -0.116. The van der Waals surface area contributed by atoms with Crippen LogP contribution in [0.4, 0.5) is 0 Å². The summed E-state index contributed by atoms with van der Waals surface area (Å²) in [6.45, 7) is 4.09. The molecular formula is C10H15NOS2.